The van der Waals surface area contributed by atoms with Gasteiger partial charge >= 0.3 is 12.0 Å². The molecule has 0 fully saturated rings. The van der Waals surface area contributed by atoms with Crippen LogP contribution in [0.25, 0.3) is 0 Å². The van der Waals surface area contributed by atoms with E-state index in [1.165, 1.54) is 7.11 Å². The van der Waals surface area contributed by atoms with Crippen molar-refractivity contribution in [1.29, 1.82) is 0 Å². The highest BCUT2D eigenvalue weighted by atomic mass is 35.5. The van der Waals surface area contributed by atoms with Crippen LogP contribution in [0.2, 0.25) is 5.02 Å². The highest BCUT2D eigenvalue weighted by molar-refractivity contribution is 6.30. The maximum absolute atomic E-state index is 11.5. The summed E-state index contributed by atoms with van der Waals surface area (Å²) in [6, 6.07) is 4.80. The first kappa shape index (κ1) is 16.1. The number of urea groups is 1. The lowest BCUT2D eigenvalue weighted by Crippen LogP contribution is -2.35. The third-order valence-corrected chi connectivity index (χ3v) is 2.78. The van der Waals surface area contributed by atoms with Crippen molar-refractivity contribution in [3.63, 3.8) is 0 Å². The van der Waals surface area contributed by atoms with Crippen LogP contribution in [0.4, 0.5) is 4.79 Å². The average molecular weight is 301 g/mol. The van der Waals surface area contributed by atoms with Crippen molar-refractivity contribution in [2.75, 3.05) is 13.7 Å². The molecule has 0 aliphatic heterocycles. The number of aliphatic carboxylic acids is 1. The van der Waals surface area contributed by atoms with Crippen LogP contribution in [0.15, 0.2) is 18.2 Å². The highest BCUT2D eigenvalue weighted by Gasteiger charge is 2.06. The molecule has 0 spiro atoms. The molecule has 0 radical (unpaired) electrons. The zero-order chi connectivity index (χ0) is 15.0. The summed E-state index contributed by atoms with van der Waals surface area (Å²) in [6.07, 6.45) is 0.429. The molecule has 0 unspecified atom stereocenters. The Kier molecular flexibility index (Phi) is 6.66. The fraction of sp³-hybridized carbons (Fsp3) is 0.385. The molecule has 0 atom stereocenters. The highest BCUT2D eigenvalue weighted by Crippen LogP contribution is 2.22. The van der Waals surface area contributed by atoms with Crippen molar-refractivity contribution in [2.24, 2.45) is 0 Å². The molecular weight excluding hydrogens is 284 g/mol. The molecule has 20 heavy (non-hydrogen) atoms. The summed E-state index contributed by atoms with van der Waals surface area (Å²) in [5.74, 6) is -0.276. The van der Waals surface area contributed by atoms with E-state index in [1.54, 1.807) is 18.2 Å². The van der Waals surface area contributed by atoms with Crippen molar-refractivity contribution in [1.82, 2.24) is 10.6 Å². The van der Waals surface area contributed by atoms with Gasteiger partial charge in [-0.15, -0.1) is 0 Å². The Morgan fingerprint density at radius 2 is 2.10 bits per heavy atom. The number of carbonyl (C=O) groups is 2. The van der Waals surface area contributed by atoms with Crippen LogP contribution >= 0.6 is 11.6 Å². The lowest BCUT2D eigenvalue weighted by molar-refractivity contribution is -0.137. The second kappa shape index (κ2) is 8.27. The van der Waals surface area contributed by atoms with E-state index in [4.69, 9.17) is 21.4 Å². The number of hydrogen-bond donors (Lipinski definition) is 3. The monoisotopic (exact) mass is 300 g/mol. The molecule has 0 heterocycles. The first-order valence-corrected chi connectivity index (χ1v) is 6.46. The van der Waals surface area contributed by atoms with Gasteiger partial charge in [0.05, 0.1) is 7.11 Å². The minimum absolute atomic E-state index is 0.0330. The van der Waals surface area contributed by atoms with Crippen LogP contribution < -0.4 is 15.4 Å². The quantitative estimate of drug-likeness (QED) is 0.672. The van der Waals surface area contributed by atoms with Gasteiger partial charge in [0.1, 0.15) is 5.75 Å². The normalized spacial score (nSPS) is 9.90. The number of rotatable bonds is 7. The van der Waals surface area contributed by atoms with Gasteiger partial charge in [0.15, 0.2) is 0 Å². The summed E-state index contributed by atoms with van der Waals surface area (Å²) in [7, 11) is 1.53. The van der Waals surface area contributed by atoms with Crippen molar-refractivity contribution in [2.45, 2.75) is 19.4 Å². The fourth-order valence-electron chi connectivity index (χ4n) is 1.54. The summed E-state index contributed by atoms with van der Waals surface area (Å²) >= 11 is 5.84. The predicted molar refractivity (Wildman–Crippen MR) is 75.1 cm³/mol. The number of carbonyl (C=O) groups excluding carboxylic acids is 1. The van der Waals surface area contributed by atoms with Gasteiger partial charge < -0.3 is 20.5 Å². The van der Waals surface area contributed by atoms with Gasteiger partial charge in [0.25, 0.3) is 0 Å². The number of hydrogen-bond acceptors (Lipinski definition) is 3. The number of carboxylic acids is 1. The summed E-state index contributed by atoms with van der Waals surface area (Å²) in [6.45, 7) is 0.612. The van der Waals surface area contributed by atoms with Gasteiger partial charge in [-0.1, -0.05) is 17.7 Å². The second-order valence-electron chi connectivity index (χ2n) is 4.06. The predicted octanol–water partition coefficient (Wildman–Crippen LogP) is 2.01. The molecule has 0 aliphatic carbocycles. The van der Waals surface area contributed by atoms with Gasteiger partial charge in [-0.2, -0.15) is 0 Å². The van der Waals surface area contributed by atoms with Gasteiger partial charge in [0, 0.05) is 30.1 Å². The zero-order valence-electron chi connectivity index (χ0n) is 11.1. The summed E-state index contributed by atoms with van der Waals surface area (Å²) < 4.78 is 5.16. The summed E-state index contributed by atoms with van der Waals surface area (Å²) in [4.78, 5) is 21.8. The number of ether oxygens (including phenoxy) is 1. The largest absolute Gasteiger partial charge is 0.496 e. The van der Waals surface area contributed by atoms with E-state index < -0.39 is 5.97 Å². The van der Waals surface area contributed by atoms with Crippen LogP contribution in [0, 0.1) is 0 Å². The molecule has 110 valence electrons. The zero-order valence-corrected chi connectivity index (χ0v) is 11.9. The Labute approximate surface area is 122 Å². The Hall–Kier alpha value is -1.95. The van der Waals surface area contributed by atoms with E-state index in [1.807, 2.05) is 0 Å². The summed E-state index contributed by atoms with van der Waals surface area (Å²) in [5, 5.41) is 14.3. The average Bonchev–Trinajstić information content (AvgIpc) is 2.41. The molecule has 1 rings (SSSR count). The molecule has 2 amide bonds. The molecule has 0 aliphatic rings. The van der Waals surface area contributed by atoms with E-state index in [0.29, 0.717) is 30.3 Å². The molecule has 3 N–H and O–H groups in total. The minimum Gasteiger partial charge on any atom is -0.496 e. The molecule has 0 bridgehead atoms. The van der Waals surface area contributed by atoms with E-state index in [2.05, 4.69) is 10.6 Å². The fourth-order valence-corrected chi connectivity index (χ4v) is 1.71. The standard InChI is InChI=1S/C13H17ClN2O4/c1-20-11-7-10(14)5-4-9(11)8-16-13(19)15-6-2-3-12(17)18/h4-5,7H,2-3,6,8H2,1H3,(H,17,18)(H2,15,16,19). The Morgan fingerprint density at radius 3 is 2.75 bits per heavy atom. The van der Waals surface area contributed by atoms with Crippen molar-refractivity contribution < 1.29 is 19.4 Å². The van der Waals surface area contributed by atoms with Crippen LogP contribution in [0.1, 0.15) is 18.4 Å². The van der Waals surface area contributed by atoms with Crippen molar-refractivity contribution in [3.05, 3.63) is 28.8 Å². The lowest BCUT2D eigenvalue weighted by atomic mass is 10.2. The SMILES string of the molecule is COc1cc(Cl)ccc1CNC(=O)NCCCC(=O)O. The van der Waals surface area contributed by atoms with Crippen LogP contribution in [0.3, 0.4) is 0 Å². The van der Waals surface area contributed by atoms with Gasteiger partial charge in [-0.3, -0.25) is 4.79 Å². The first-order chi connectivity index (χ1) is 9.52. The Morgan fingerprint density at radius 1 is 1.35 bits per heavy atom. The van der Waals surface area contributed by atoms with Crippen molar-refractivity contribution >= 4 is 23.6 Å². The number of methoxy groups -OCH3 is 1. The van der Waals surface area contributed by atoms with Gasteiger partial charge in [0.2, 0.25) is 0 Å². The number of carboxylic acid groups (broad SMARTS) is 1. The molecule has 6 nitrogen and oxygen atoms in total. The number of halogens is 1. The van der Waals surface area contributed by atoms with Crippen LogP contribution in [0.5, 0.6) is 5.75 Å². The minimum atomic E-state index is -0.877. The maximum Gasteiger partial charge on any atom is 0.315 e. The van der Waals surface area contributed by atoms with Gasteiger partial charge in [-0.05, 0) is 18.6 Å². The molecule has 1 aromatic rings. The van der Waals surface area contributed by atoms with E-state index in [9.17, 15) is 9.59 Å². The smallest absolute Gasteiger partial charge is 0.315 e. The van der Waals surface area contributed by atoms with E-state index in [0.717, 1.165) is 5.56 Å². The first-order valence-electron chi connectivity index (χ1n) is 6.09. The van der Waals surface area contributed by atoms with Crippen LogP contribution in [-0.2, 0) is 11.3 Å². The third-order valence-electron chi connectivity index (χ3n) is 2.54. The maximum atomic E-state index is 11.5. The lowest BCUT2D eigenvalue weighted by Gasteiger charge is -2.10. The molecule has 0 saturated carbocycles. The van der Waals surface area contributed by atoms with E-state index in [-0.39, 0.29) is 12.5 Å². The molecule has 1 aromatic carbocycles. The number of benzene rings is 1. The summed E-state index contributed by atoms with van der Waals surface area (Å²) in [5.41, 5.74) is 0.803. The topological polar surface area (TPSA) is 87.7 Å². The number of nitrogens with one attached hydrogen (secondary N) is 2. The van der Waals surface area contributed by atoms with Crippen molar-refractivity contribution in [3.8, 4) is 5.75 Å². The molecule has 7 heteroatoms. The number of amides is 2. The second-order valence-corrected chi connectivity index (χ2v) is 4.50. The Balaban J connectivity index is 2.35. The molecular formula is C13H17ClN2O4. The molecule has 0 saturated heterocycles. The van der Waals surface area contributed by atoms with E-state index >= 15 is 0 Å². The molecule has 0 aromatic heterocycles. The third kappa shape index (κ3) is 5.79. The van der Waals surface area contributed by atoms with Crippen LogP contribution in [-0.4, -0.2) is 30.8 Å². The Bertz CT molecular complexity index is 479. The van der Waals surface area contributed by atoms with Gasteiger partial charge in [-0.25, -0.2) is 4.79 Å².